The third-order valence-electron chi connectivity index (χ3n) is 8.30. The van der Waals surface area contributed by atoms with Gasteiger partial charge in [0.1, 0.15) is 0 Å². The number of aromatic nitrogens is 3. The van der Waals surface area contributed by atoms with E-state index in [4.69, 9.17) is 15.0 Å². The lowest BCUT2D eigenvalue weighted by molar-refractivity contribution is 1.07. The number of benzene rings is 6. The molecule has 0 unspecified atom stereocenters. The van der Waals surface area contributed by atoms with E-state index in [0.29, 0.717) is 17.5 Å². The summed E-state index contributed by atoms with van der Waals surface area (Å²) in [6, 6.07) is 55.3. The molecule has 0 bridgehead atoms. The first-order valence-corrected chi connectivity index (χ1v) is 19.2. The third-order valence-corrected chi connectivity index (χ3v) is 10.4. The Kier molecular flexibility index (Phi) is 7.96. The summed E-state index contributed by atoms with van der Waals surface area (Å²) in [5.41, 5.74) is 9.84. The van der Waals surface area contributed by atoms with Crippen molar-refractivity contribution >= 4 is 13.3 Å². The van der Waals surface area contributed by atoms with E-state index in [1.165, 1.54) is 16.3 Å². The van der Waals surface area contributed by atoms with E-state index in [0.717, 1.165) is 38.9 Å². The van der Waals surface area contributed by atoms with Gasteiger partial charge in [0, 0.05) is 16.7 Å². The molecule has 0 N–H and O–H groups in total. The Hall–Kier alpha value is -5.45. The summed E-state index contributed by atoms with van der Waals surface area (Å²) in [6.07, 6.45) is 0. The Labute approximate surface area is 272 Å². The maximum Gasteiger partial charge on any atom is 0.164 e. The van der Waals surface area contributed by atoms with E-state index in [-0.39, 0.29) is 0 Å². The summed E-state index contributed by atoms with van der Waals surface area (Å²) in [5.74, 6) is 1.95. The zero-order chi connectivity index (χ0) is 31.5. The molecule has 0 radical (unpaired) electrons. The fourth-order valence-corrected chi connectivity index (χ4v) is 6.86. The predicted molar refractivity (Wildman–Crippen MR) is 195 cm³/mol. The van der Waals surface area contributed by atoms with Gasteiger partial charge in [-0.25, -0.2) is 15.0 Å². The normalized spacial score (nSPS) is 11.4. The number of rotatable bonds is 7. The molecule has 1 heterocycles. The second-order valence-corrected chi connectivity index (χ2v) is 17.7. The zero-order valence-corrected chi connectivity index (χ0v) is 27.4. The van der Waals surface area contributed by atoms with Gasteiger partial charge in [-0.3, -0.25) is 0 Å². The van der Waals surface area contributed by atoms with Crippen molar-refractivity contribution in [3.05, 3.63) is 158 Å². The standard InChI is InChI=1S/C42H35N3Si/c1-46(2,3)39-25-23-31(24-26-39)33-17-10-19-35(27-33)36-20-12-22-38(29-36)42-44-40(32-15-8-5-9-16-32)43-41(45-42)37-21-11-18-34(28-37)30-13-6-4-7-14-30/h4-29H,1-3H3. The lowest BCUT2D eigenvalue weighted by atomic mass is 9.98. The van der Waals surface area contributed by atoms with Crippen LogP contribution < -0.4 is 5.19 Å². The van der Waals surface area contributed by atoms with Crippen molar-refractivity contribution in [2.24, 2.45) is 0 Å². The molecule has 0 aliphatic carbocycles. The molecule has 7 aromatic rings. The van der Waals surface area contributed by atoms with Crippen molar-refractivity contribution in [1.82, 2.24) is 15.0 Å². The first-order chi connectivity index (χ1) is 22.4. The highest BCUT2D eigenvalue weighted by atomic mass is 28.3. The quantitative estimate of drug-likeness (QED) is 0.169. The minimum atomic E-state index is -1.35. The Morgan fingerprint density at radius 3 is 1.09 bits per heavy atom. The van der Waals surface area contributed by atoms with Crippen molar-refractivity contribution in [3.63, 3.8) is 0 Å². The fourth-order valence-electron chi connectivity index (χ4n) is 5.70. The Morgan fingerprint density at radius 1 is 0.304 bits per heavy atom. The molecule has 0 fully saturated rings. The zero-order valence-electron chi connectivity index (χ0n) is 26.4. The maximum absolute atomic E-state index is 5.04. The van der Waals surface area contributed by atoms with Crippen LogP contribution in [0.1, 0.15) is 0 Å². The molecule has 46 heavy (non-hydrogen) atoms. The summed E-state index contributed by atoms with van der Waals surface area (Å²) >= 11 is 0. The maximum atomic E-state index is 5.04. The molecule has 0 aliphatic heterocycles. The molecular weight excluding hydrogens is 575 g/mol. The van der Waals surface area contributed by atoms with Crippen molar-refractivity contribution < 1.29 is 0 Å². The second kappa shape index (κ2) is 12.5. The van der Waals surface area contributed by atoms with Gasteiger partial charge in [-0.15, -0.1) is 0 Å². The molecule has 0 atom stereocenters. The molecule has 0 aliphatic rings. The molecule has 0 spiro atoms. The van der Waals surface area contributed by atoms with Crippen molar-refractivity contribution in [3.8, 4) is 67.5 Å². The molecular formula is C42H35N3Si. The predicted octanol–water partition coefficient (Wildman–Crippen LogP) is 10.4. The average Bonchev–Trinajstić information content (AvgIpc) is 3.12. The van der Waals surface area contributed by atoms with Crippen LogP contribution in [0.5, 0.6) is 0 Å². The smallest absolute Gasteiger partial charge is 0.164 e. The van der Waals surface area contributed by atoms with E-state index in [9.17, 15) is 0 Å². The number of hydrogen-bond donors (Lipinski definition) is 0. The van der Waals surface area contributed by atoms with Gasteiger partial charge in [-0.1, -0.05) is 164 Å². The third kappa shape index (κ3) is 6.34. The summed E-state index contributed by atoms with van der Waals surface area (Å²) < 4.78 is 0. The Morgan fingerprint density at radius 2 is 0.630 bits per heavy atom. The Balaban J connectivity index is 1.28. The second-order valence-electron chi connectivity index (χ2n) is 12.6. The van der Waals surface area contributed by atoms with E-state index >= 15 is 0 Å². The van der Waals surface area contributed by atoms with Crippen LogP contribution in [0.25, 0.3) is 67.5 Å². The van der Waals surface area contributed by atoms with Crippen LogP contribution in [0, 0.1) is 0 Å². The largest absolute Gasteiger partial charge is 0.208 e. The molecule has 1 aromatic heterocycles. The SMILES string of the molecule is C[Si](C)(C)c1ccc(-c2cccc(-c3cccc(-c4nc(-c5ccccc5)nc(-c5cccc(-c6ccccc6)c5)n4)c3)c2)cc1. The van der Waals surface area contributed by atoms with Gasteiger partial charge in [0.25, 0.3) is 0 Å². The first-order valence-electron chi connectivity index (χ1n) is 15.7. The fraction of sp³-hybridized carbons (Fsp3) is 0.0714. The molecule has 0 amide bonds. The van der Waals surface area contributed by atoms with Gasteiger partial charge in [-0.05, 0) is 51.6 Å². The molecule has 3 nitrogen and oxygen atoms in total. The number of nitrogens with zero attached hydrogens (tertiary/aromatic N) is 3. The molecule has 0 saturated heterocycles. The van der Waals surface area contributed by atoms with Gasteiger partial charge in [0.15, 0.2) is 17.5 Å². The summed E-state index contributed by atoms with van der Waals surface area (Å²) in [5, 5.41) is 1.47. The van der Waals surface area contributed by atoms with E-state index in [2.05, 4.69) is 141 Å². The van der Waals surface area contributed by atoms with Crippen LogP contribution in [-0.2, 0) is 0 Å². The van der Waals surface area contributed by atoms with Crippen LogP contribution in [-0.4, -0.2) is 23.0 Å². The highest BCUT2D eigenvalue weighted by Gasteiger charge is 2.16. The summed E-state index contributed by atoms with van der Waals surface area (Å²) in [6.45, 7) is 7.15. The summed E-state index contributed by atoms with van der Waals surface area (Å²) in [4.78, 5) is 15.0. The van der Waals surface area contributed by atoms with Crippen LogP contribution in [0.4, 0.5) is 0 Å². The minimum Gasteiger partial charge on any atom is -0.208 e. The van der Waals surface area contributed by atoms with Gasteiger partial charge in [0.2, 0.25) is 0 Å². The van der Waals surface area contributed by atoms with Crippen LogP contribution in [0.3, 0.4) is 0 Å². The highest BCUT2D eigenvalue weighted by Crippen LogP contribution is 2.31. The van der Waals surface area contributed by atoms with Crippen molar-refractivity contribution in [1.29, 1.82) is 0 Å². The monoisotopic (exact) mass is 609 g/mol. The van der Waals surface area contributed by atoms with E-state index in [1.54, 1.807) is 0 Å². The molecule has 222 valence electrons. The van der Waals surface area contributed by atoms with Gasteiger partial charge in [0.05, 0.1) is 8.07 Å². The first kappa shape index (κ1) is 29.3. The molecule has 0 saturated carbocycles. The number of hydrogen-bond acceptors (Lipinski definition) is 3. The molecule has 4 heteroatoms. The molecule has 6 aromatic carbocycles. The Bertz CT molecular complexity index is 2120. The summed E-state index contributed by atoms with van der Waals surface area (Å²) in [7, 11) is -1.35. The van der Waals surface area contributed by atoms with Crippen molar-refractivity contribution in [2.45, 2.75) is 19.6 Å². The lowest BCUT2D eigenvalue weighted by Gasteiger charge is -2.17. The van der Waals surface area contributed by atoms with Crippen LogP contribution >= 0.6 is 0 Å². The van der Waals surface area contributed by atoms with Gasteiger partial charge in [-0.2, -0.15) is 0 Å². The van der Waals surface area contributed by atoms with Gasteiger partial charge >= 0.3 is 0 Å². The lowest BCUT2D eigenvalue weighted by Crippen LogP contribution is -2.37. The highest BCUT2D eigenvalue weighted by molar-refractivity contribution is 6.88. The van der Waals surface area contributed by atoms with Gasteiger partial charge < -0.3 is 0 Å². The van der Waals surface area contributed by atoms with Crippen LogP contribution in [0.2, 0.25) is 19.6 Å². The van der Waals surface area contributed by atoms with E-state index < -0.39 is 8.07 Å². The van der Waals surface area contributed by atoms with E-state index in [1.807, 2.05) is 36.4 Å². The minimum absolute atomic E-state index is 0.647. The van der Waals surface area contributed by atoms with Crippen molar-refractivity contribution in [2.75, 3.05) is 0 Å². The average molecular weight is 610 g/mol. The molecule has 7 rings (SSSR count). The topological polar surface area (TPSA) is 38.7 Å². The van der Waals surface area contributed by atoms with Crippen LogP contribution in [0.15, 0.2) is 158 Å².